The van der Waals surface area contributed by atoms with Gasteiger partial charge in [0.2, 0.25) is 0 Å². The minimum atomic E-state index is -0.157. The van der Waals surface area contributed by atoms with Gasteiger partial charge in [0.05, 0.1) is 0 Å². The summed E-state index contributed by atoms with van der Waals surface area (Å²) in [4.78, 5) is 15.7. The number of anilines is 1. The number of pyridine rings is 1. The van der Waals surface area contributed by atoms with Gasteiger partial charge in [-0.05, 0) is 31.0 Å². The third-order valence-corrected chi connectivity index (χ3v) is 3.84. The Kier molecular flexibility index (Phi) is 5.23. The van der Waals surface area contributed by atoms with Crippen LogP contribution in [0.5, 0.6) is 0 Å². The minimum absolute atomic E-state index is 0.157. The van der Waals surface area contributed by atoms with Crippen molar-refractivity contribution in [3.05, 3.63) is 34.4 Å². The Labute approximate surface area is 122 Å². The summed E-state index contributed by atoms with van der Waals surface area (Å²) in [5.41, 5.74) is 0.997. The molecule has 0 aliphatic rings. The summed E-state index contributed by atoms with van der Waals surface area (Å²) in [7, 11) is 0. The Morgan fingerprint density at radius 3 is 3.05 bits per heavy atom. The fraction of sp³-hybridized carbons (Fsp3) is 0.462. The fourth-order valence-corrected chi connectivity index (χ4v) is 2.71. The molecule has 6 nitrogen and oxygen atoms in total. The van der Waals surface area contributed by atoms with Gasteiger partial charge in [-0.2, -0.15) is 0 Å². The molecule has 0 amide bonds. The van der Waals surface area contributed by atoms with Crippen molar-refractivity contribution in [3.8, 4) is 0 Å². The second-order valence-electron chi connectivity index (χ2n) is 4.32. The second-order valence-corrected chi connectivity index (χ2v) is 5.26. The Morgan fingerprint density at radius 1 is 1.45 bits per heavy atom. The molecule has 0 spiro atoms. The largest absolute Gasteiger partial charge is 0.370 e. The maximum absolute atomic E-state index is 11.5. The van der Waals surface area contributed by atoms with Crippen molar-refractivity contribution in [1.82, 2.24) is 19.7 Å². The third-order valence-electron chi connectivity index (χ3n) is 2.79. The smallest absolute Gasteiger partial charge is 0.343 e. The minimum Gasteiger partial charge on any atom is -0.370 e. The SMILES string of the molecule is CCCNc1cc(CSc2n[nH]c(=O)n2CC)ccn1. The van der Waals surface area contributed by atoms with Gasteiger partial charge in [0, 0.05) is 25.0 Å². The molecule has 0 saturated heterocycles. The normalized spacial score (nSPS) is 10.7. The zero-order chi connectivity index (χ0) is 14.4. The van der Waals surface area contributed by atoms with Gasteiger partial charge in [-0.1, -0.05) is 18.7 Å². The first kappa shape index (κ1) is 14.6. The van der Waals surface area contributed by atoms with Crippen LogP contribution in [-0.4, -0.2) is 26.3 Å². The van der Waals surface area contributed by atoms with Crippen LogP contribution in [0.1, 0.15) is 25.8 Å². The first-order chi connectivity index (χ1) is 9.74. The molecular formula is C13H19N5OS. The van der Waals surface area contributed by atoms with E-state index in [1.165, 1.54) is 0 Å². The van der Waals surface area contributed by atoms with E-state index in [1.54, 1.807) is 22.5 Å². The van der Waals surface area contributed by atoms with E-state index in [1.807, 2.05) is 19.1 Å². The van der Waals surface area contributed by atoms with E-state index in [0.717, 1.165) is 35.3 Å². The summed E-state index contributed by atoms with van der Waals surface area (Å²) in [5.74, 6) is 1.65. The summed E-state index contributed by atoms with van der Waals surface area (Å²) < 4.78 is 1.63. The van der Waals surface area contributed by atoms with Crippen LogP contribution >= 0.6 is 11.8 Å². The number of aromatic amines is 1. The zero-order valence-electron chi connectivity index (χ0n) is 11.7. The second kappa shape index (κ2) is 7.14. The van der Waals surface area contributed by atoms with Crippen LogP contribution in [-0.2, 0) is 12.3 Å². The van der Waals surface area contributed by atoms with Gasteiger partial charge in [-0.15, -0.1) is 5.10 Å². The van der Waals surface area contributed by atoms with Crippen molar-refractivity contribution in [1.29, 1.82) is 0 Å². The molecule has 0 unspecified atom stereocenters. The first-order valence-corrected chi connectivity index (χ1v) is 7.70. The van der Waals surface area contributed by atoms with Gasteiger partial charge in [-0.25, -0.2) is 14.9 Å². The Bertz CT molecular complexity index is 607. The van der Waals surface area contributed by atoms with Gasteiger partial charge in [-0.3, -0.25) is 4.57 Å². The van der Waals surface area contributed by atoms with E-state index in [-0.39, 0.29) is 5.69 Å². The molecule has 2 heterocycles. The highest BCUT2D eigenvalue weighted by molar-refractivity contribution is 7.98. The molecule has 2 N–H and O–H groups in total. The predicted octanol–water partition coefficient (Wildman–Crippen LogP) is 2.10. The van der Waals surface area contributed by atoms with Crippen LogP contribution in [0.25, 0.3) is 0 Å². The number of thioether (sulfide) groups is 1. The number of rotatable bonds is 7. The van der Waals surface area contributed by atoms with Crippen molar-refractivity contribution in [3.63, 3.8) is 0 Å². The summed E-state index contributed by atoms with van der Waals surface area (Å²) >= 11 is 1.54. The van der Waals surface area contributed by atoms with Crippen LogP contribution in [0, 0.1) is 0 Å². The van der Waals surface area contributed by atoms with Crippen LogP contribution in [0.3, 0.4) is 0 Å². The van der Waals surface area contributed by atoms with Crippen LogP contribution in [0.2, 0.25) is 0 Å². The summed E-state index contributed by atoms with van der Waals surface area (Å²) in [5, 5.41) is 10.5. The molecule has 0 saturated carbocycles. The van der Waals surface area contributed by atoms with E-state index >= 15 is 0 Å². The average molecular weight is 293 g/mol. The van der Waals surface area contributed by atoms with Crippen LogP contribution < -0.4 is 11.0 Å². The van der Waals surface area contributed by atoms with Gasteiger partial charge in [0.15, 0.2) is 5.16 Å². The molecule has 0 aromatic carbocycles. The Hall–Kier alpha value is -1.76. The van der Waals surface area contributed by atoms with E-state index in [0.29, 0.717) is 6.54 Å². The molecule has 2 aromatic rings. The van der Waals surface area contributed by atoms with E-state index < -0.39 is 0 Å². The van der Waals surface area contributed by atoms with E-state index in [9.17, 15) is 4.79 Å². The lowest BCUT2D eigenvalue weighted by atomic mass is 10.3. The molecule has 0 bridgehead atoms. The highest BCUT2D eigenvalue weighted by Gasteiger charge is 2.07. The molecule has 0 radical (unpaired) electrons. The quantitative estimate of drug-likeness (QED) is 0.765. The number of hydrogen-bond donors (Lipinski definition) is 2. The van der Waals surface area contributed by atoms with E-state index in [4.69, 9.17) is 0 Å². The van der Waals surface area contributed by atoms with Crippen molar-refractivity contribution < 1.29 is 0 Å². The molecule has 108 valence electrons. The molecular weight excluding hydrogens is 274 g/mol. The lowest BCUT2D eigenvalue weighted by Gasteiger charge is -2.06. The maximum atomic E-state index is 11.5. The number of H-pyrrole nitrogens is 1. The fourth-order valence-electron chi connectivity index (χ4n) is 1.75. The molecule has 20 heavy (non-hydrogen) atoms. The van der Waals surface area contributed by atoms with Crippen molar-refractivity contribution >= 4 is 17.6 Å². The molecule has 2 rings (SSSR count). The first-order valence-electron chi connectivity index (χ1n) is 6.71. The van der Waals surface area contributed by atoms with Crippen LogP contribution in [0.15, 0.2) is 28.3 Å². The molecule has 7 heteroatoms. The molecule has 0 atom stereocenters. The third kappa shape index (κ3) is 3.63. The average Bonchev–Trinajstić information content (AvgIpc) is 2.83. The van der Waals surface area contributed by atoms with Crippen LogP contribution in [0.4, 0.5) is 5.82 Å². The highest BCUT2D eigenvalue weighted by atomic mass is 32.2. The van der Waals surface area contributed by atoms with Gasteiger partial charge in [0.25, 0.3) is 0 Å². The summed E-state index contributed by atoms with van der Waals surface area (Å²) in [6.07, 6.45) is 2.86. The lowest BCUT2D eigenvalue weighted by molar-refractivity contribution is 0.660. The maximum Gasteiger partial charge on any atom is 0.343 e. The molecule has 2 aromatic heterocycles. The number of hydrogen-bond acceptors (Lipinski definition) is 5. The Balaban J connectivity index is 2.01. The topological polar surface area (TPSA) is 75.6 Å². The van der Waals surface area contributed by atoms with Gasteiger partial charge in [0.1, 0.15) is 5.82 Å². The zero-order valence-corrected chi connectivity index (χ0v) is 12.5. The lowest BCUT2D eigenvalue weighted by Crippen LogP contribution is -2.16. The standard InChI is InChI=1S/C13H19N5OS/c1-3-6-14-11-8-10(5-7-15-11)9-20-13-17-16-12(19)18(13)4-2/h5,7-8H,3-4,6,9H2,1-2H3,(H,14,15)(H,16,19). The Morgan fingerprint density at radius 2 is 2.30 bits per heavy atom. The highest BCUT2D eigenvalue weighted by Crippen LogP contribution is 2.20. The number of nitrogens with one attached hydrogen (secondary N) is 2. The summed E-state index contributed by atoms with van der Waals surface area (Å²) in [6.45, 7) is 5.59. The van der Waals surface area contributed by atoms with Crippen molar-refractivity contribution in [2.45, 2.75) is 37.7 Å². The predicted molar refractivity (Wildman–Crippen MR) is 81.1 cm³/mol. The molecule has 0 aliphatic heterocycles. The number of aromatic nitrogens is 4. The summed E-state index contributed by atoms with van der Waals surface area (Å²) in [6, 6.07) is 4.01. The van der Waals surface area contributed by atoms with Gasteiger partial charge < -0.3 is 5.32 Å². The van der Waals surface area contributed by atoms with Crippen molar-refractivity contribution in [2.24, 2.45) is 0 Å². The number of nitrogens with zero attached hydrogens (tertiary/aromatic N) is 3. The van der Waals surface area contributed by atoms with Crippen molar-refractivity contribution in [2.75, 3.05) is 11.9 Å². The molecule has 0 aliphatic carbocycles. The molecule has 0 fully saturated rings. The van der Waals surface area contributed by atoms with E-state index in [2.05, 4.69) is 27.4 Å². The monoisotopic (exact) mass is 293 g/mol. The van der Waals surface area contributed by atoms with Gasteiger partial charge >= 0.3 is 5.69 Å².